The number of hydrogen-bond donors (Lipinski definition) is 1. The van der Waals surface area contributed by atoms with Gasteiger partial charge in [-0.25, -0.2) is 0 Å². The Hall–Kier alpha value is -0.120. The molecule has 2 rings (SSSR count). The van der Waals surface area contributed by atoms with E-state index in [9.17, 15) is 0 Å². The van der Waals surface area contributed by atoms with Gasteiger partial charge in [0.2, 0.25) is 0 Å². The van der Waals surface area contributed by atoms with E-state index in [1.165, 1.54) is 38.8 Å². The maximum Gasteiger partial charge on any atom is 0.0702 e. The SMILES string of the molecule is CCN(CC1CCCO1)C1CCC1CNC. The highest BCUT2D eigenvalue weighted by atomic mass is 16.5. The summed E-state index contributed by atoms with van der Waals surface area (Å²) in [6, 6.07) is 0.807. The normalized spacial score (nSPS) is 34.3. The molecule has 0 aromatic rings. The summed E-state index contributed by atoms with van der Waals surface area (Å²) in [6.07, 6.45) is 5.81. The van der Waals surface area contributed by atoms with Crippen molar-refractivity contribution in [3.8, 4) is 0 Å². The summed E-state index contributed by atoms with van der Waals surface area (Å²) in [6.45, 7) is 6.76. The number of rotatable bonds is 6. The summed E-state index contributed by atoms with van der Waals surface area (Å²) < 4.78 is 5.74. The number of nitrogens with zero attached hydrogens (tertiary/aromatic N) is 1. The molecule has 1 aliphatic carbocycles. The summed E-state index contributed by atoms with van der Waals surface area (Å²) in [5.41, 5.74) is 0. The minimum Gasteiger partial charge on any atom is -0.377 e. The largest absolute Gasteiger partial charge is 0.377 e. The highest BCUT2D eigenvalue weighted by molar-refractivity contribution is 4.90. The molecule has 1 aliphatic heterocycles. The molecule has 0 radical (unpaired) electrons. The molecule has 1 saturated carbocycles. The summed E-state index contributed by atoms with van der Waals surface area (Å²) in [4.78, 5) is 2.64. The third-order valence-electron chi connectivity index (χ3n) is 4.18. The van der Waals surface area contributed by atoms with Gasteiger partial charge in [-0.1, -0.05) is 6.92 Å². The molecule has 1 saturated heterocycles. The summed E-state index contributed by atoms with van der Waals surface area (Å²) in [5, 5.41) is 3.31. The first-order chi connectivity index (χ1) is 7.85. The van der Waals surface area contributed by atoms with Crippen molar-refractivity contribution in [2.75, 3.05) is 33.3 Å². The van der Waals surface area contributed by atoms with Crippen molar-refractivity contribution in [3.05, 3.63) is 0 Å². The quantitative estimate of drug-likeness (QED) is 0.742. The van der Waals surface area contributed by atoms with Gasteiger partial charge in [0.25, 0.3) is 0 Å². The van der Waals surface area contributed by atoms with E-state index in [1.807, 2.05) is 0 Å². The Morgan fingerprint density at radius 1 is 1.31 bits per heavy atom. The standard InChI is InChI=1S/C13H26N2O/c1-3-15(10-12-5-4-8-16-12)13-7-6-11(13)9-14-2/h11-14H,3-10H2,1-2H3. The van der Waals surface area contributed by atoms with Crippen LogP contribution < -0.4 is 5.32 Å². The Balaban J connectivity index is 1.79. The summed E-state index contributed by atoms with van der Waals surface area (Å²) in [5.74, 6) is 0.867. The van der Waals surface area contributed by atoms with Crippen LogP contribution in [0.15, 0.2) is 0 Å². The van der Waals surface area contributed by atoms with Gasteiger partial charge in [0.15, 0.2) is 0 Å². The van der Waals surface area contributed by atoms with Crippen LogP contribution in [0, 0.1) is 5.92 Å². The van der Waals surface area contributed by atoms with Crippen LogP contribution in [0.5, 0.6) is 0 Å². The lowest BCUT2D eigenvalue weighted by Crippen LogP contribution is -2.52. The molecule has 3 unspecified atom stereocenters. The fraction of sp³-hybridized carbons (Fsp3) is 1.00. The van der Waals surface area contributed by atoms with Crippen LogP contribution in [-0.4, -0.2) is 50.3 Å². The molecule has 3 nitrogen and oxygen atoms in total. The molecule has 0 amide bonds. The predicted molar refractivity (Wildman–Crippen MR) is 66.7 cm³/mol. The van der Waals surface area contributed by atoms with E-state index in [0.29, 0.717) is 6.10 Å². The molecule has 1 N–H and O–H groups in total. The van der Waals surface area contributed by atoms with Gasteiger partial charge in [-0.3, -0.25) is 4.90 Å². The Kier molecular flexibility index (Phi) is 4.62. The lowest BCUT2D eigenvalue weighted by Gasteiger charge is -2.45. The van der Waals surface area contributed by atoms with Crippen LogP contribution in [0.2, 0.25) is 0 Å². The molecule has 2 aliphatic rings. The van der Waals surface area contributed by atoms with Crippen LogP contribution in [0.25, 0.3) is 0 Å². The van der Waals surface area contributed by atoms with Gasteiger partial charge >= 0.3 is 0 Å². The second-order valence-electron chi connectivity index (χ2n) is 5.19. The van der Waals surface area contributed by atoms with Crippen molar-refractivity contribution < 1.29 is 4.74 Å². The molecule has 2 fully saturated rings. The average molecular weight is 226 g/mol. The zero-order chi connectivity index (χ0) is 11.4. The van der Waals surface area contributed by atoms with Crippen molar-refractivity contribution in [1.29, 1.82) is 0 Å². The monoisotopic (exact) mass is 226 g/mol. The lowest BCUT2D eigenvalue weighted by atomic mass is 9.78. The molecule has 94 valence electrons. The molecule has 0 bridgehead atoms. The van der Waals surface area contributed by atoms with Crippen molar-refractivity contribution in [3.63, 3.8) is 0 Å². The van der Waals surface area contributed by atoms with E-state index in [-0.39, 0.29) is 0 Å². The Labute approximate surface area is 99.5 Å². The van der Waals surface area contributed by atoms with E-state index in [1.54, 1.807) is 0 Å². The van der Waals surface area contributed by atoms with E-state index < -0.39 is 0 Å². The molecule has 0 aromatic heterocycles. The topological polar surface area (TPSA) is 24.5 Å². The number of nitrogens with one attached hydrogen (secondary N) is 1. The Morgan fingerprint density at radius 2 is 2.19 bits per heavy atom. The van der Waals surface area contributed by atoms with Crippen molar-refractivity contribution >= 4 is 0 Å². The van der Waals surface area contributed by atoms with E-state index in [2.05, 4.69) is 24.2 Å². The Morgan fingerprint density at radius 3 is 2.69 bits per heavy atom. The third-order valence-corrected chi connectivity index (χ3v) is 4.18. The molecule has 0 aromatic carbocycles. The molecular weight excluding hydrogens is 200 g/mol. The minimum atomic E-state index is 0.510. The fourth-order valence-electron chi connectivity index (χ4n) is 3.08. The van der Waals surface area contributed by atoms with Crippen LogP contribution in [0.1, 0.15) is 32.6 Å². The van der Waals surface area contributed by atoms with Gasteiger partial charge in [0.05, 0.1) is 6.10 Å². The zero-order valence-electron chi connectivity index (χ0n) is 10.7. The van der Waals surface area contributed by atoms with E-state index >= 15 is 0 Å². The lowest BCUT2D eigenvalue weighted by molar-refractivity contribution is 0.0143. The maximum absolute atomic E-state index is 5.74. The summed E-state index contributed by atoms with van der Waals surface area (Å²) in [7, 11) is 2.06. The first-order valence-corrected chi connectivity index (χ1v) is 6.85. The maximum atomic E-state index is 5.74. The van der Waals surface area contributed by atoms with Crippen LogP contribution >= 0.6 is 0 Å². The first-order valence-electron chi connectivity index (χ1n) is 6.85. The van der Waals surface area contributed by atoms with Crippen molar-refractivity contribution in [1.82, 2.24) is 10.2 Å². The third kappa shape index (κ3) is 2.76. The van der Waals surface area contributed by atoms with Crippen molar-refractivity contribution in [2.24, 2.45) is 5.92 Å². The first kappa shape index (κ1) is 12.3. The van der Waals surface area contributed by atoms with Crippen LogP contribution in [0.4, 0.5) is 0 Å². The molecular formula is C13H26N2O. The van der Waals surface area contributed by atoms with Gasteiger partial charge in [-0.15, -0.1) is 0 Å². The Bertz CT molecular complexity index is 204. The smallest absolute Gasteiger partial charge is 0.0702 e. The van der Waals surface area contributed by atoms with E-state index in [4.69, 9.17) is 4.74 Å². The van der Waals surface area contributed by atoms with Crippen LogP contribution in [-0.2, 0) is 4.74 Å². The summed E-state index contributed by atoms with van der Waals surface area (Å²) >= 11 is 0. The fourth-order valence-corrected chi connectivity index (χ4v) is 3.08. The molecule has 3 atom stereocenters. The second kappa shape index (κ2) is 5.99. The van der Waals surface area contributed by atoms with Gasteiger partial charge < -0.3 is 10.1 Å². The molecule has 0 spiro atoms. The molecule has 16 heavy (non-hydrogen) atoms. The molecule has 1 heterocycles. The number of likely N-dealkylation sites (N-methyl/N-ethyl adjacent to an activating group) is 1. The number of hydrogen-bond acceptors (Lipinski definition) is 3. The number of ether oxygens (including phenoxy) is 1. The van der Waals surface area contributed by atoms with Crippen LogP contribution in [0.3, 0.4) is 0 Å². The highest BCUT2D eigenvalue weighted by Crippen LogP contribution is 2.32. The zero-order valence-corrected chi connectivity index (χ0v) is 10.7. The van der Waals surface area contributed by atoms with Gasteiger partial charge in [0, 0.05) is 19.2 Å². The second-order valence-corrected chi connectivity index (χ2v) is 5.19. The van der Waals surface area contributed by atoms with Crippen molar-refractivity contribution in [2.45, 2.75) is 44.8 Å². The minimum absolute atomic E-state index is 0.510. The van der Waals surface area contributed by atoms with E-state index in [0.717, 1.165) is 25.1 Å². The predicted octanol–water partition coefficient (Wildman–Crippen LogP) is 1.49. The highest BCUT2D eigenvalue weighted by Gasteiger charge is 2.35. The van der Waals surface area contributed by atoms with Gasteiger partial charge in [0.1, 0.15) is 0 Å². The molecule has 3 heteroatoms. The average Bonchev–Trinajstić information content (AvgIpc) is 2.76. The van der Waals surface area contributed by atoms with Gasteiger partial charge in [-0.05, 0) is 51.7 Å². The van der Waals surface area contributed by atoms with Gasteiger partial charge in [-0.2, -0.15) is 0 Å².